The van der Waals surface area contributed by atoms with Gasteiger partial charge in [0.2, 0.25) is 10.0 Å². The second kappa shape index (κ2) is 6.84. The van der Waals surface area contributed by atoms with Gasteiger partial charge < -0.3 is 5.11 Å². The fourth-order valence-electron chi connectivity index (χ4n) is 1.72. The molecule has 1 rings (SSSR count). The Labute approximate surface area is 115 Å². The van der Waals surface area contributed by atoms with Crippen molar-refractivity contribution in [3.8, 4) is 0 Å². The number of hydrogen-bond acceptors (Lipinski definition) is 3. The lowest BCUT2D eigenvalue weighted by Gasteiger charge is -2.29. The van der Waals surface area contributed by atoms with Crippen LogP contribution in [0.25, 0.3) is 6.08 Å². The zero-order valence-corrected chi connectivity index (χ0v) is 12.2. The Morgan fingerprint density at radius 3 is 2.26 bits per heavy atom. The van der Waals surface area contributed by atoms with Gasteiger partial charge in [-0.05, 0) is 24.5 Å². The first-order valence-corrected chi connectivity index (χ1v) is 7.89. The summed E-state index contributed by atoms with van der Waals surface area (Å²) in [6.45, 7) is 3.49. The molecule has 0 amide bonds. The summed E-state index contributed by atoms with van der Waals surface area (Å²) in [6.07, 6.45) is 2.62. The molecular formula is C14H21NO3S. The van der Waals surface area contributed by atoms with Crippen molar-refractivity contribution in [2.75, 3.05) is 6.61 Å². The molecule has 19 heavy (non-hydrogen) atoms. The van der Waals surface area contributed by atoms with E-state index in [1.54, 1.807) is 0 Å². The Morgan fingerprint density at radius 2 is 1.79 bits per heavy atom. The van der Waals surface area contributed by atoms with Crippen molar-refractivity contribution in [1.82, 2.24) is 4.72 Å². The highest BCUT2D eigenvalue weighted by atomic mass is 32.2. The van der Waals surface area contributed by atoms with E-state index in [2.05, 4.69) is 4.72 Å². The average Bonchev–Trinajstić information content (AvgIpc) is 2.44. The van der Waals surface area contributed by atoms with E-state index in [1.807, 2.05) is 44.2 Å². The summed E-state index contributed by atoms with van der Waals surface area (Å²) in [6, 6.07) is 9.20. The van der Waals surface area contributed by atoms with Gasteiger partial charge in [-0.25, -0.2) is 13.1 Å². The van der Waals surface area contributed by atoms with Gasteiger partial charge in [0, 0.05) is 5.41 Å². The summed E-state index contributed by atoms with van der Waals surface area (Å²) in [5.41, 5.74) is 0.0373. The molecule has 0 aliphatic rings. The number of benzene rings is 1. The second-order valence-corrected chi connectivity index (χ2v) is 6.07. The molecule has 0 heterocycles. The van der Waals surface area contributed by atoms with Crippen LogP contribution in [0.4, 0.5) is 0 Å². The smallest absolute Gasteiger partial charge is 0.234 e. The van der Waals surface area contributed by atoms with Crippen LogP contribution in [0.1, 0.15) is 32.3 Å². The van der Waals surface area contributed by atoms with Crippen LogP contribution < -0.4 is 4.72 Å². The van der Waals surface area contributed by atoms with E-state index < -0.39 is 15.6 Å². The zero-order chi connectivity index (χ0) is 14.4. The van der Waals surface area contributed by atoms with Gasteiger partial charge in [-0.1, -0.05) is 44.2 Å². The highest BCUT2D eigenvalue weighted by molar-refractivity contribution is 7.92. The van der Waals surface area contributed by atoms with Crippen LogP contribution in [0, 0.1) is 0 Å². The lowest BCUT2D eigenvalue weighted by Crippen LogP contribution is -2.49. The van der Waals surface area contributed by atoms with E-state index in [4.69, 9.17) is 0 Å². The van der Waals surface area contributed by atoms with Crippen molar-refractivity contribution in [3.63, 3.8) is 0 Å². The monoisotopic (exact) mass is 283 g/mol. The van der Waals surface area contributed by atoms with Crippen LogP contribution in [0.3, 0.4) is 0 Å². The van der Waals surface area contributed by atoms with Crippen molar-refractivity contribution in [3.05, 3.63) is 41.3 Å². The van der Waals surface area contributed by atoms with Crippen LogP contribution >= 0.6 is 0 Å². The number of sulfonamides is 1. The zero-order valence-electron chi connectivity index (χ0n) is 11.3. The molecule has 5 heteroatoms. The Morgan fingerprint density at radius 1 is 1.21 bits per heavy atom. The summed E-state index contributed by atoms with van der Waals surface area (Å²) >= 11 is 0. The van der Waals surface area contributed by atoms with E-state index >= 15 is 0 Å². The summed E-state index contributed by atoms with van der Waals surface area (Å²) < 4.78 is 26.5. The molecule has 0 unspecified atom stereocenters. The molecule has 0 aliphatic heterocycles. The van der Waals surface area contributed by atoms with Gasteiger partial charge >= 0.3 is 0 Å². The quantitative estimate of drug-likeness (QED) is 0.805. The lowest BCUT2D eigenvalue weighted by atomic mass is 9.96. The van der Waals surface area contributed by atoms with E-state index in [-0.39, 0.29) is 6.61 Å². The minimum absolute atomic E-state index is 0.210. The van der Waals surface area contributed by atoms with Gasteiger partial charge in [0.1, 0.15) is 0 Å². The predicted octanol–water partition coefficient (Wildman–Crippen LogP) is 2.13. The normalized spacial score (nSPS) is 13.0. The molecule has 0 saturated carbocycles. The van der Waals surface area contributed by atoms with Gasteiger partial charge in [0.05, 0.1) is 12.1 Å². The molecule has 0 radical (unpaired) electrons. The fraction of sp³-hybridized carbons (Fsp3) is 0.429. The van der Waals surface area contributed by atoms with Crippen LogP contribution in [-0.2, 0) is 10.0 Å². The van der Waals surface area contributed by atoms with Crippen molar-refractivity contribution >= 4 is 16.1 Å². The number of aliphatic hydroxyl groups excluding tert-OH is 1. The molecule has 106 valence electrons. The fourth-order valence-corrected chi connectivity index (χ4v) is 3.08. The van der Waals surface area contributed by atoms with Crippen molar-refractivity contribution < 1.29 is 13.5 Å². The molecule has 0 bridgehead atoms. The van der Waals surface area contributed by atoms with Crippen LogP contribution in [0.5, 0.6) is 0 Å². The summed E-state index contributed by atoms with van der Waals surface area (Å²) in [5, 5.41) is 10.5. The molecule has 0 fully saturated rings. The van der Waals surface area contributed by atoms with Crippen LogP contribution in [0.15, 0.2) is 35.7 Å². The maximum Gasteiger partial charge on any atom is 0.234 e. The molecule has 1 aromatic rings. The van der Waals surface area contributed by atoms with Gasteiger partial charge in [0.25, 0.3) is 0 Å². The minimum Gasteiger partial charge on any atom is -0.394 e. The molecular weight excluding hydrogens is 262 g/mol. The molecule has 0 spiro atoms. The first-order valence-electron chi connectivity index (χ1n) is 6.35. The molecule has 0 atom stereocenters. The minimum atomic E-state index is -3.56. The van der Waals surface area contributed by atoms with Gasteiger partial charge in [-0.3, -0.25) is 0 Å². The van der Waals surface area contributed by atoms with Crippen LogP contribution in [0.2, 0.25) is 0 Å². The van der Waals surface area contributed by atoms with E-state index in [9.17, 15) is 13.5 Å². The molecule has 0 aliphatic carbocycles. The van der Waals surface area contributed by atoms with Crippen molar-refractivity contribution in [1.29, 1.82) is 0 Å². The first-order chi connectivity index (χ1) is 8.97. The van der Waals surface area contributed by atoms with Crippen molar-refractivity contribution in [2.24, 2.45) is 0 Å². The standard InChI is InChI=1S/C14H21NO3S/c1-3-14(4-2,12-16)15-19(17,18)11-10-13-8-6-5-7-9-13/h5-11,15-16H,3-4,12H2,1-2H3. The van der Waals surface area contributed by atoms with Gasteiger partial charge in [0.15, 0.2) is 0 Å². The number of rotatable bonds is 7. The topological polar surface area (TPSA) is 66.4 Å². The molecule has 4 nitrogen and oxygen atoms in total. The van der Waals surface area contributed by atoms with Gasteiger partial charge in [-0.2, -0.15) is 0 Å². The number of nitrogens with one attached hydrogen (secondary N) is 1. The largest absolute Gasteiger partial charge is 0.394 e. The second-order valence-electron chi connectivity index (χ2n) is 4.51. The third-order valence-corrected chi connectivity index (χ3v) is 4.47. The highest BCUT2D eigenvalue weighted by Crippen LogP contribution is 2.16. The maximum absolute atomic E-state index is 12.0. The number of hydrogen-bond donors (Lipinski definition) is 2. The number of aliphatic hydroxyl groups is 1. The van der Waals surface area contributed by atoms with E-state index in [1.165, 1.54) is 6.08 Å². The Hall–Kier alpha value is -1.17. The molecule has 1 aromatic carbocycles. The van der Waals surface area contributed by atoms with E-state index in [0.29, 0.717) is 12.8 Å². The van der Waals surface area contributed by atoms with Gasteiger partial charge in [-0.15, -0.1) is 0 Å². The summed E-state index contributed by atoms with van der Waals surface area (Å²) in [5.74, 6) is 0. The van der Waals surface area contributed by atoms with Crippen molar-refractivity contribution in [2.45, 2.75) is 32.2 Å². The third kappa shape index (κ3) is 4.78. The first kappa shape index (κ1) is 15.9. The third-order valence-electron chi connectivity index (χ3n) is 3.25. The molecule has 0 saturated heterocycles. The average molecular weight is 283 g/mol. The highest BCUT2D eigenvalue weighted by Gasteiger charge is 2.29. The molecule has 0 aromatic heterocycles. The van der Waals surface area contributed by atoms with E-state index in [0.717, 1.165) is 11.0 Å². The Bertz CT molecular complexity index is 496. The Balaban J connectivity index is 2.85. The summed E-state index contributed by atoms with van der Waals surface area (Å²) in [7, 11) is -3.56. The maximum atomic E-state index is 12.0. The SMILES string of the molecule is CCC(CC)(CO)NS(=O)(=O)C=Cc1ccccc1. The predicted molar refractivity (Wildman–Crippen MR) is 77.9 cm³/mol. The lowest BCUT2D eigenvalue weighted by molar-refractivity contribution is 0.173. The van der Waals surface area contributed by atoms with Crippen LogP contribution in [-0.4, -0.2) is 25.7 Å². The molecule has 2 N–H and O–H groups in total. The summed E-state index contributed by atoms with van der Waals surface area (Å²) in [4.78, 5) is 0. The Kier molecular flexibility index (Phi) is 5.72.